The fraction of sp³-hybridized carbons (Fsp3) is 0.556. The van der Waals surface area contributed by atoms with Crippen molar-refractivity contribution in [2.45, 2.75) is 59.5 Å². The molecule has 0 saturated carbocycles. The molecule has 3 N–H and O–H groups in total. The van der Waals surface area contributed by atoms with Crippen LogP contribution in [0.1, 0.15) is 48.0 Å². The highest BCUT2D eigenvalue weighted by Crippen LogP contribution is 2.15. The van der Waals surface area contributed by atoms with Gasteiger partial charge in [0.15, 0.2) is 0 Å². The Labute approximate surface area is 139 Å². The molecule has 0 aliphatic rings. The summed E-state index contributed by atoms with van der Waals surface area (Å²) in [6.45, 7) is 11.7. The Morgan fingerprint density at radius 3 is 2.00 bits per heavy atom. The number of nitrogens with one attached hydrogen (secondary N) is 3. The fourth-order valence-electron chi connectivity index (χ4n) is 2.03. The second kappa shape index (κ2) is 7.99. The predicted octanol–water partition coefficient (Wildman–Crippen LogP) is 3.39. The molecular weight excluding hydrogens is 290 g/mol. The number of hydrogen-bond acceptors (Lipinski definition) is 3. The van der Waals surface area contributed by atoms with Crippen molar-refractivity contribution in [3.63, 3.8) is 0 Å². The van der Waals surface area contributed by atoms with Gasteiger partial charge in [0, 0.05) is 23.3 Å². The van der Waals surface area contributed by atoms with Gasteiger partial charge in [-0.05, 0) is 57.9 Å². The number of hydrogen-bond donors (Lipinski definition) is 3. The molecule has 0 bridgehead atoms. The zero-order valence-electron chi connectivity index (χ0n) is 15.0. The minimum Gasteiger partial charge on any atom is -0.374 e. The molecule has 1 rings (SSSR count). The van der Waals surface area contributed by atoms with Gasteiger partial charge in [0.1, 0.15) is 6.04 Å². The van der Waals surface area contributed by atoms with E-state index in [2.05, 4.69) is 16.0 Å². The molecule has 0 aliphatic carbocycles. The summed E-state index contributed by atoms with van der Waals surface area (Å²) in [7, 11) is 0. The van der Waals surface area contributed by atoms with E-state index in [-0.39, 0.29) is 23.4 Å². The lowest BCUT2D eigenvalue weighted by Gasteiger charge is -2.24. The zero-order chi connectivity index (χ0) is 17.6. The van der Waals surface area contributed by atoms with Gasteiger partial charge in [-0.1, -0.05) is 13.8 Å². The van der Waals surface area contributed by atoms with Crippen LogP contribution in [0.25, 0.3) is 0 Å². The Morgan fingerprint density at radius 1 is 1.00 bits per heavy atom. The molecule has 1 atom stereocenters. The minimum atomic E-state index is -0.337. The van der Waals surface area contributed by atoms with Gasteiger partial charge in [-0.25, -0.2) is 0 Å². The Bertz CT molecular complexity index is 530. The van der Waals surface area contributed by atoms with Crippen LogP contribution in [0.3, 0.4) is 0 Å². The van der Waals surface area contributed by atoms with Crippen LogP contribution in [0.4, 0.5) is 11.4 Å². The van der Waals surface area contributed by atoms with Gasteiger partial charge in [0.2, 0.25) is 11.8 Å². The quantitative estimate of drug-likeness (QED) is 0.753. The largest absolute Gasteiger partial charge is 0.374 e. The standard InChI is InChI=1S/C18H29N3O2/c1-12(2)11-16(22)20-15-9-7-14(8-10-15)19-13(3)17(23)21-18(4,5)6/h7-10,12-13,19H,11H2,1-6H3,(H,20,22)(H,21,23). The number of anilines is 2. The van der Waals surface area contributed by atoms with Crippen molar-refractivity contribution in [1.82, 2.24) is 5.32 Å². The van der Waals surface area contributed by atoms with Crippen molar-refractivity contribution < 1.29 is 9.59 Å². The average molecular weight is 319 g/mol. The van der Waals surface area contributed by atoms with Gasteiger partial charge in [-0.3, -0.25) is 9.59 Å². The van der Waals surface area contributed by atoms with E-state index in [1.165, 1.54) is 0 Å². The molecule has 0 fully saturated rings. The summed E-state index contributed by atoms with van der Waals surface area (Å²) in [5.41, 5.74) is 1.34. The molecule has 1 aromatic carbocycles. The van der Waals surface area contributed by atoms with E-state index in [4.69, 9.17) is 0 Å². The van der Waals surface area contributed by atoms with Crippen molar-refractivity contribution in [2.75, 3.05) is 10.6 Å². The SMILES string of the molecule is CC(C)CC(=O)Nc1ccc(NC(C)C(=O)NC(C)(C)C)cc1. The Hall–Kier alpha value is -2.04. The Balaban J connectivity index is 2.57. The summed E-state index contributed by atoms with van der Waals surface area (Å²) < 4.78 is 0. The molecule has 1 aromatic rings. The summed E-state index contributed by atoms with van der Waals surface area (Å²) in [4.78, 5) is 23.8. The van der Waals surface area contributed by atoms with Crippen molar-refractivity contribution in [3.8, 4) is 0 Å². The summed E-state index contributed by atoms with van der Waals surface area (Å²) in [6, 6.07) is 7.03. The first-order chi connectivity index (χ1) is 10.6. The fourth-order valence-corrected chi connectivity index (χ4v) is 2.03. The first-order valence-corrected chi connectivity index (χ1v) is 8.05. The molecule has 5 heteroatoms. The second-order valence-electron chi connectivity index (χ2n) is 7.33. The third kappa shape index (κ3) is 7.68. The Morgan fingerprint density at radius 2 is 1.52 bits per heavy atom. The van der Waals surface area contributed by atoms with Crippen molar-refractivity contribution in [2.24, 2.45) is 5.92 Å². The molecule has 0 radical (unpaired) electrons. The molecule has 2 amide bonds. The molecule has 23 heavy (non-hydrogen) atoms. The summed E-state index contributed by atoms with van der Waals surface area (Å²) in [5.74, 6) is 0.295. The third-order valence-corrected chi connectivity index (χ3v) is 3.04. The van der Waals surface area contributed by atoms with E-state index < -0.39 is 0 Å². The van der Waals surface area contributed by atoms with Crippen LogP contribution < -0.4 is 16.0 Å². The molecule has 128 valence electrons. The van der Waals surface area contributed by atoms with Gasteiger partial charge >= 0.3 is 0 Å². The van der Waals surface area contributed by atoms with E-state index in [0.717, 1.165) is 11.4 Å². The Kier molecular flexibility index (Phi) is 6.61. The molecule has 0 aromatic heterocycles. The highest BCUT2D eigenvalue weighted by molar-refractivity contribution is 5.91. The highest BCUT2D eigenvalue weighted by atomic mass is 16.2. The first kappa shape index (κ1) is 19.0. The van der Waals surface area contributed by atoms with E-state index in [0.29, 0.717) is 12.3 Å². The molecular formula is C18H29N3O2. The summed E-state index contributed by atoms with van der Waals surface area (Å²) in [5, 5.41) is 8.95. The van der Waals surface area contributed by atoms with E-state index >= 15 is 0 Å². The van der Waals surface area contributed by atoms with Gasteiger partial charge in [0.25, 0.3) is 0 Å². The zero-order valence-corrected chi connectivity index (χ0v) is 15.0. The van der Waals surface area contributed by atoms with Gasteiger partial charge in [0.05, 0.1) is 0 Å². The van der Waals surface area contributed by atoms with Crippen molar-refractivity contribution in [1.29, 1.82) is 0 Å². The third-order valence-electron chi connectivity index (χ3n) is 3.04. The van der Waals surface area contributed by atoms with Crippen LogP contribution in [0.15, 0.2) is 24.3 Å². The lowest BCUT2D eigenvalue weighted by Crippen LogP contribution is -2.47. The lowest BCUT2D eigenvalue weighted by atomic mass is 10.1. The van der Waals surface area contributed by atoms with Crippen LogP contribution in [-0.4, -0.2) is 23.4 Å². The number of amides is 2. The normalized spacial score (nSPS) is 12.7. The predicted molar refractivity (Wildman–Crippen MR) is 95.5 cm³/mol. The van der Waals surface area contributed by atoms with Gasteiger partial charge in [-0.2, -0.15) is 0 Å². The first-order valence-electron chi connectivity index (χ1n) is 8.05. The minimum absolute atomic E-state index is 0.0126. The van der Waals surface area contributed by atoms with Crippen molar-refractivity contribution >= 4 is 23.2 Å². The number of carbonyl (C=O) groups is 2. The molecule has 0 spiro atoms. The average Bonchev–Trinajstić information content (AvgIpc) is 2.38. The summed E-state index contributed by atoms with van der Waals surface area (Å²) >= 11 is 0. The monoisotopic (exact) mass is 319 g/mol. The highest BCUT2D eigenvalue weighted by Gasteiger charge is 2.18. The number of carbonyl (C=O) groups excluding carboxylic acids is 2. The van der Waals surface area contributed by atoms with Crippen molar-refractivity contribution in [3.05, 3.63) is 24.3 Å². The van der Waals surface area contributed by atoms with Crippen LogP contribution >= 0.6 is 0 Å². The van der Waals surface area contributed by atoms with Crippen LogP contribution in [0.2, 0.25) is 0 Å². The van der Waals surface area contributed by atoms with E-state index in [1.54, 1.807) is 0 Å². The van der Waals surface area contributed by atoms with Crippen LogP contribution in [0.5, 0.6) is 0 Å². The van der Waals surface area contributed by atoms with E-state index in [9.17, 15) is 9.59 Å². The maximum absolute atomic E-state index is 12.0. The number of benzene rings is 1. The van der Waals surface area contributed by atoms with Crippen LogP contribution in [0, 0.1) is 5.92 Å². The molecule has 5 nitrogen and oxygen atoms in total. The molecule has 0 aliphatic heterocycles. The molecule has 1 unspecified atom stereocenters. The molecule has 0 saturated heterocycles. The van der Waals surface area contributed by atoms with E-state index in [1.807, 2.05) is 65.8 Å². The summed E-state index contributed by atoms with van der Waals surface area (Å²) in [6.07, 6.45) is 0.504. The van der Waals surface area contributed by atoms with Gasteiger partial charge in [-0.15, -0.1) is 0 Å². The maximum atomic E-state index is 12.0. The van der Waals surface area contributed by atoms with Gasteiger partial charge < -0.3 is 16.0 Å². The lowest BCUT2D eigenvalue weighted by molar-refractivity contribution is -0.123. The van der Waals surface area contributed by atoms with Crippen LogP contribution in [-0.2, 0) is 9.59 Å². The topological polar surface area (TPSA) is 70.2 Å². The number of rotatable bonds is 6. The smallest absolute Gasteiger partial charge is 0.242 e. The maximum Gasteiger partial charge on any atom is 0.242 e. The second-order valence-corrected chi connectivity index (χ2v) is 7.33. The molecule has 0 heterocycles.